The molecule has 1 fully saturated rings. The molecule has 0 aromatic heterocycles. The fourth-order valence-electron chi connectivity index (χ4n) is 3.24. The van der Waals surface area contributed by atoms with Crippen LogP contribution in [0.4, 0.5) is 5.69 Å². The van der Waals surface area contributed by atoms with Gasteiger partial charge in [0.2, 0.25) is 0 Å². The first-order valence-corrected chi connectivity index (χ1v) is 10.6. The molecular weight excluding hydrogens is 386 g/mol. The summed E-state index contributed by atoms with van der Waals surface area (Å²) in [7, 11) is 1.50. The summed E-state index contributed by atoms with van der Waals surface area (Å²) in [5.41, 5.74) is 11.9. The van der Waals surface area contributed by atoms with Gasteiger partial charge in [0.15, 0.2) is 0 Å². The van der Waals surface area contributed by atoms with Crippen LogP contribution in [0.1, 0.15) is 31.4 Å². The normalized spacial score (nSPS) is 12.8. The minimum Gasteiger partial charge on any atom is -0.333 e. The Bertz CT molecular complexity index is 762. The number of hydrogen-bond donors (Lipinski definition) is 2. The van der Waals surface area contributed by atoms with E-state index in [4.69, 9.17) is 10.1 Å². The molecule has 1 aliphatic rings. The number of carbonyl (C=O) groups excluding carboxylic acids is 1. The van der Waals surface area contributed by atoms with Gasteiger partial charge in [0.05, 0.1) is 11.8 Å². The lowest BCUT2D eigenvalue weighted by molar-refractivity contribution is -0.0979. The molecule has 0 spiro atoms. The summed E-state index contributed by atoms with van der Waals surface area (Å²) in [6, 6.07) is 13.2. The molecule has 2 aromatic rings. The second-order valence-electron chi connectivity index (χ2n) is 6.33. The van der Waals surface area contributed by atoms with E-state index in [9.17, 15) is 0 Å². The lowest BCUT2D eigenvalue weighted by Gasteiger charge is -2.35. The van der Waals surface area contributed by atoms with Gasteiger partial charge in [-0.1, -0.05) is 38.1 Å². The Morgan fingerprint density at radius 2 is 1.61 bits per heavy atom. The Kier molecular flexibility index (Phi) is 18.9. The van der Waals surface area contributed by atoms with E-state index in [0.29, 0.717) is 6.42 Å². The number of nitrogens with two attached hydrogens (primary N) is 1. The van der Waals surface area contributed by atoms with Crippen LogP contribution in [-0.4, -0.2) is 56.5 Å². The first kappa shape index (κ1) is 30.5. The maximum atomic E-state index is 8.69. The van der Waals surface area contributed by atoms with E-state index < -0.39 is 0 Å². The Labute approximate surface area is 189 Å². The molecule has 1 heterocycles. The summed E-state index contributed by atoms with van der Waals surface area (Å²) in [6.07, 6.45) is 0.620. The fraction of sp³-hybridized carbons (Fsp3) is 0.440. The van der Waals surface area contributed by atoms with Crippen LogP contribution >= 0.6 is 0 Å². The van der Waals surface area contributed by atoms with E-state index in [1.165, 1.54) is 34.6 Å². The molecule has 6 heteroatoms. The van der Waals surface area contributed by atoms with Gasteiger partial charge >= 0.3 is 0 Å². The molecular formula is C25H41N5O. The lowest BCUT2D eigenvalue weighted by atomic mass is 10.0. The van der Waals surface area contributed by atoms with Crippen LogP contribution in [-0.2, 0) is 4.79 Å². The van der Waals surface area contributed by atoms with Crippen molar-refractivity contribution in [1.82, 2.24) is 9.91 Å². The van der Waals surface area contributed by atoms with Gasteiger partial charge in [-0.15, -0.1) is 13.2 Å². The Morgan fingerprint density at radius 1 is 1.03 bits per heavy atom. The van der Waals surface area contributed by atoms with Crippen molar-refractivity contribution in [3.8, 4) is 6.07 Å². The second kappa shape index (κ2) is 19.3. The zero-order valence-electron chi connectivity index (χ0n) is 20.1. The summed E-state index contributed by atoms with van der Waals surface area (Å²) in [5.74, 6) is 0. The standard InChI is InChI=1S/C19H24N4.C2H6.C2H4.CH5N.CH2O/c1-15-13-18-16(2)5-3-6-17(18)19(14-15)21-23-11-9-22(10-12-23)8-4-7-20;4*1-2/h3,5-6,13-14,21H,4,8-12H2,1-2H3;1-2H3;1-2H2;2H2,1H3;1H2. The number of nitrogens with one attached hydrogen (secondary N) is 1. The quantitative estimate of drug-likeness (QED) is 0.697. The average Bonchev–Trinajstić information content (AvgIpc) is 2.84. The van der Waals surface area contributed by atoms with Crippen LogP contribution in [0, 0.1) is 25.2 Å². The van der Waals surface area contributed by atoms with Gasteiger partial charge in [-0.25, -0.2) is 5.01 Å². The number of aryl methyl sites for hydroxylation is 2. The molecule has 0 saturated carbocycles. The molecule has 2 aromatic carbocycles. The minimum atomic E-state index is 0.620. The molecule has 0 bridgehead atoms. The highest BCUT2D eigenvalue weighted by Gasteiger charge is 2.17. The van der Waals surface area contributed by atoms with Crippen LogP contribution in [0.5, 0.6) is 0 Å². The van der Waals surface area contributed by atoms with Crippen molar-refractivity contribution in [2.24, 2.45) is 5.73 Å². The molecule has 1 aliphatic heterocycles. The largest absolute Gasteiger partial charge is 0.333 e. The summed E-state index contributed by atoms with van der Waals surface area (Å²) in [4.78, 5) is 10.4. The summed E-state index contributed by atoms with van der Waals surface area (Å²) < 4.78 is 0. The third-order valence-electron chi connectivity index (χ3n) is 4.55. The number of rotatable bonds is 4. The third kappa shape index (κ3) is 10.2. The first-order chi connectivity index (χ1) is 15.2. The molecule has 0 unspecified atom stereocenters. The number of anilines is 1. The predicted molar refractivity (Wildman–Crippen MR) is 135 cm³/mol. The highest BCUT2D eigenvalue weighted by molar-refractivity contribution is 5.96. The van der Waals surface area contributed by atoms with Crippen molar-refractivity contribution < 1.29 is 4.79 Å². The second-order valence-corrected chi connectivity index (χ2v) is 6.33. The molecule has 0 radical (unpaired) electrons. The van der Waals surface area contributed by atoms with Crippen LogP contribution in [0.25, 0.3) is 10.8 Å². The number of nitriles is 1. The number of piperazine rings is 1. The van der Waals surface area contributed by atoms with Crippen molar-refractivity contribution >= 4 is 23.2 Å². The van der Waals surface area contributed by atoms with E-state index in [0.717, 1.165) is 32.7 Å². The highest BCUT2D eigenvalue weighted by Crippen LogP contribution is 2.28. The smallest absolute Gasteiger partial charge is 0.106 e. The van der Waals surface area contributed by atoms with Crippen molar-refractivity contribution in [2.45, 2.75) is 34.1 Å². The van der Waals surface area contributed by atoms with E-state index in [1.54, 1.807) is 0 Å². The summed E-state index contributed by atoms with van der Waals surface area (Å²) in [6.45, 7) is 21.2. The predicted octanol–water partition coefficient (Wildman–Crippen LogP) is 4.53. The van der Waals surface area contributed by atoms with Crippen molar-refractivity contribution in [3.63, 3.8) is 0 Å². The molecule has 6 nitrogen and oxygen atoms in total. The van der Waals surface area contributed by atoms with E-state index in [-0.39, 0.29) is 0 Å². The third-order valence-corrected chi connectivity index (χ3v) is 4.55. The van der Waals surface area contributed by atoms with Crippen LogP contribution in [0.3, 0.4) is 0 Å². The van der Waals surface area contributed by atoms with Gasteiger partial charge in [0.25, 0.3) is 0 Å². The molecule has 0 aliphatic carbocycles. The maximum Gasteiger partial charge on any atom is 0.106 e. The average molecular weight is 428 g/mol. The fourth-order valence-corrected chi connectivity index (χ4v) is 3.24. The van der Waals surface area contributed by atoms with E-state index in [1.807, 2.05) is 20.6 Å². The first-order valence-electron chi connectivity index (χ1n) is 10.6. The molecule has 31 heavy (non-hydrogen) atoms. The minimum absolute atomic E-state index is 0.620. The number of benzene rings is 2. The maximum absolute atomic E-state index is 8.69. The number of carbonyl (C=O) groups is 1. The van der Waals surface area contributed by atoms with Gasteiger partial charge in [0.1, 0.15) is 6.79 Å². The number of nitrogens with zero attached hydrogens (tertiary/aromatic N) is 3. The summed E-state index contributed by atoms with van der Waals surface area (Å²) in [5, 5.41) is 13.6. The molecule has 0 atom stereocenters. The zero-order valence-corrected chi connectivity index (χ0v) is 20.1. The number of hydrazine groups is 1. The van der Waals surface area contributed by atoms with E-state index >= 15 is 0 Å². The lowest BCUT2D eigenvalue weighted by Crippen LogP contribution is -2.48. The van der Waals surface area contributed by atoms with Gasteiger partial charge in [0, 0.05) is 44.5 Å². The van der Waals surface area contributed by atoms with E-state index in [2.05, 4.69) is 84.5 Å². The molecule has 172 valence electrons. The Morgan fingerprint density at radius 3 is 2.16 bits per heavy atom. The molecule has 3 N–H and O–H groups in total. The number of hydrogen-bond acceptors (Lipinski definition) is 6. The van der Waals surface area contributed by atoms with Crippen LogP contribution in [0.15, 0.2) is 43.5 Å². The van der Waals surface area contributed by atoms with Gasteiger partial charge in [-0.3, -0.25) is 4.90 Å². The number of fused-ring (bicyclic) bond motifs is 1. The van der Waals surface area contributed by atoms with Crippen molar-refractivity contribution in [3.05, 3.63) is 54.6 Å². The van der Waals surface area contributed by atoms with Gasteiger partial charge < -0.3 is 16.0 Å². The van der Waals surface area contributed by atoms with Crippen LogP contribution < -0.4 is 11.2 Å². The Hall–Kier alpha value is -2.72. The molecule has 1 saturated heterocycles. The molecule has 0 amide bonds. The van der Waals surface area contributed by atoms with Crippen LogP contribution in [0.2, 0.25) is 0 Å². The summed E-state index contributed by atoms with van der Waals surface area (Å²) >= 11 is 0. The van der Waals surface area contributed by atoms with Gasteiger partial charge in [-0.05, 0) is 43.5 Å². The molecule has 3 rings (SSSR count). The Balaban J connectivity index is 0. The SMILES string of the molecule is C=C.C=O.CC.CN.Cc1cc(NN2CCN(CCC#N)CC2)c2cccc(C)c2c1. The monoisotopic (exact) mass is 427 g/mol. The van der Waals surface area contributed by atoms with Crippen molar-refractivity contribution in [2.75, 3.05) is 45.2 Å². The zero-order chi connectivity index (χ0) is 24.2. The van der Waals surface area contributed by atoms with Gasteiger partial charge in [-0.2, -0.15) is 5.26 Å². The van der Waals surface area contributed by atoms with Crippen molar-refractivity contribution in [1.29, 1.82) is 5.26 Å². The highest BCUT2D eigenvalue weighted by atomic mass is 16.1. The topological polar surface area (TPSA) is 85.4 Å².